The number of hydrogen-bond acceptors (Lipinski definition) is 5. The third-order valence-electron chi connectivity index (χ3n) is 1.10. The van der Waals surface area contributed by atoms with Crippen LogP contribution in [0.4, 0.5) is 0 Å². The summed E-state index contributed by atoms with van der Waals surface area (Å²) >= 11 is 1.40. The molecule has 0 rings (SSSR count). The topological polar surface area (TPSA) is 44.8 Å². The lowest BCUT2D eigenvalue weighted by atomic mass is 10.9. The van der Waals surface area contributed by atoms with Crippen LogP contribution in [0.5, 0.6) is 0 Å². The summed E-state index contributed by atoms with van der Waals surface area (Å²) in [4.78, 5) is 0. The van der Waals surface area contributed by atoms with Crippen LogP contribution in [0, 0.1) is 0 Å². The third kappa shape index (κ3) is 6.52. The second kappa shape index (κ2) is 7.83. The average molecular weight is 228 g/mol. The van der Waals surface area contributed by atoms with Crippen molar-refractivity contribution in [2.24, 2.45) is 0 Å². The first-order valence-corrected chi connectivity index (χ1v) is 7.01. The van der Waals surface area contributed by atoms with Crippen LogP contribution in [0.1, 0.15) is 13.8 Å². The van der Waals surface area contributed by atoms with Crippen LogP contribution in [0.2, 0.25) is 0 Å². The number of hydrogen-bond donors (Lipinski definition) is 0. The standard InChI is InChI=1S/C7H17O4PS/c1-4-10-12(8,11-5-2)7-13-6-9-3/h4-7H2,1-3H3. The number of ether oxygens (including phenoxy) is 1. The largest absolute Gasteiger partial charge is 0.374 e. The molecule has 0 atom stereocenters. The molecule has 80 valence electrons. The van der Waals surface area contributed by atoms with Crippen LogP contribution < -0.4 is 0 Å². The van der Waals surface area contributed by atoms with Crippen LogP contribution in [-0.2, 0) is 18.3 Å². The summed E-state index contributed by atoms with van der Waals surface area (Å²) in [6, 6.07) is 0. The number of methoxy groups -OCH3 is 1. The van der Waals surface area contributed by atoms with Crippen LogP contribution in [0.25, 0.3) is 0 Å². The van der Waals surface area contributed by atoms with Gasteiger partial charge in [0.15, 0.2) is 0 Å². The molecule has 0 aromatic heterocycles. The minimum Gasteiger partial charge on any atom is -0.374 e. The highest BCUT2D eigenvalue weighted by molar-refractivity contribution is 8.04. The van der Waals surface area contributed by atoms with Crippen LogP contribution in [0.3, 0.4) is 0 Å². The first kappa shape index (κ1) is 13.5. The van der Waals surface area contributed by atoms with Gasteiger partial charge in [-0.2, -0.15) is 0 Å². The first-order chi connectivity index (χ1) is 6.18. The molecule has 4 nitrogen and oxygen atoms in total. The summed E-state index contributed by atoms with van der Waals surface area (Å²) in [7, 11) is -1.27. The highest BCUT2D eigenvalue weighted by Gasteiger charge is 2.22. The molecule has 0 saturated heterocycles. The molecule has 0 bridgehead atoms. The highest BCUT2D eigenvalue weighted by atomic mass is 32.2. The maximum Gasteiger partial charge on any atom is 0.340 e. The van der Waals surface area contributed by atoms with E-state index >= 15 is 0 Å². The minimum absolute atomic E-state index is 0.350. The lowest BCUT2D eigenvalue weighted by Crippen LogP contribution is -1.98. The number of thioether (sulfide) groups is 1. The Morgan fingerprint density at radius 3 is 2.15 bits per heavy atom. The molecule has 0 unspecified atom stereocenters. The summed E-state index contributed by atoms with van der Waals surface area (Å²) in [5, 5.41) is 0. The second-order valence-corrected chi connectivity index (χ2v) is 5.60. The van der Waals surface area contributed by atoms with Gasteiger partial charge in [-0.05, 0) is 13.8 Å². The molecule has 0 aromatic carbocycles. The first-order valence-electron chi connectivity index (χ1n) is 4.13. The van der Waals surface area contributed by atoms with Gasteiger partial charge in [0.1, 0.15) is 0 Å². The van der Waals surface area contributed by atoms with Crippen LogP contribution >= 0.6 is 19.4 Å². The van der Waals surface area contributed by atoms with E-state index in [2.05, 4.69) is 0 Å². The third-order valence-corrected chi connectivity index (χ3v) is 4.80. The lowest BCUT2D eigenvalue weighted by Gasteiger charge is -2.15. The maximum atomic E-state index is 11.8. The van der Waals surface area contributed by atoms with Crippen LogP contribution in [-0.4, -0.2) is 31.8 Å². The molecule has 0 saturated carbocycles. The molecule has 0 aliphatic heterocycles. The Morgan fingerprint density at radius 1 is 1.23 bits per heavy atom. The van der Waals surface area contributed by atoms with Gasteiger partial charge in [-0.3, -0.25) is 4.57 Å². The van der Waals surface area contributed by atoms with Crippen molar-refractivity contribution in [2.45, 2.75) is 13.8 Å². The molecule has 0 spiro atoms. The Balaban J connectivity index is 3.85. The molecule has 0 radical (unpaired) electrons. The van der Waals surface area contributed by atoms with Crippen molar-refractivity contribution < 1.29 is 18.3 Å². The highest BCUT2D eigenvalue weighted by Crippen LogP contribution is 2.50. The monoisotopic (exact) mass is 228 g/mol. The van der Waals surface area contributed by atoms with E-state index < -0.39 is 7.60 Å². The Bertz CT molecular complexity index is 155. The summed E-state index contributed by atoms with van der Waals surface area (Å²) in [6.07, 6.45) is 0. The van der Waals surface area contributed by atoms with Crippen molar-refractivity contribution in [1.82, 2.24) is 0 Å². The van der Waals surface area contributed by atoms with E-state index in [0.29, 0.717) is 24.6 Å². The molecular weight excluding hydrogens is 211 g/mol. The quantitative estimate of drug-likeness (QED) is 0.363. The van der Waals surface area contributed by atoms with Gasteiger partial charge >= 0.3 is 7.60 Å². The summed E-state index contributed by atoms with van der Waals surface area (Å²) < 4.78 is 26.7. The van der Waals surface area contributed by atoms with Crippen molar-refractivity contribution in [3.8, 4) is 0 Å². The van der Waals surface area contributed by atoms with E-state index in [4.69, 9.17) is 13.8 Å². The smallest absolute Gasteiger partial charge is 0.340 e. The van der Waals surface area contributed by atoms with E-state index in [-0.39, 0.29) is 0 Å². The molecule has 0 fully saturated rings. The molecule has 0 N–H and O–H groups in total. The SMILES string of the molecule is CCOP(=O)(CSCOC)OCC. The average Bonchev–Trinajstić information content (AvgIpc) is 2.05. The fraction of sp³-hybridized carbons (Fsp3) is 1.00. The maximum absolute atomic E-state index is 11.8. The second-order valence-electron chi connectivity index (χ2n) is 2.19. The van der Waals surface area contributed by atoms with E-state index in [9.17, 15) is 4.57 Å². The van der Waals surface area contributed by atoms with Crippen molar-refractivity contribution in [3.05, 3.63) is 0 Å². The number of rotatable bonds is 8. The lowest BCUT2D eigenvalue weighted by molar-refractivity contribution is 0.223. The van der Waals surface area contributed by atoms with Gasteiger partial charge in [0.05, 0.1) is 24.6 Å². The molecule has 6 heteroatoms. The van der Waals surface area contributed by atoms with E-state index in [1.165, 1.54) is 11.8 Å². The van der Waals surface area contributed by atoms with Crippen molar-refractivity contribution in [2.75, 3.05) is 31.8 Å². The fourth-order valence-corrected chi connectivity index (χ4v) is 3.55. The predicted molar refractivity (Wildman–Crippen MR) is 55.2 cm³/mol. The van der Waals surface area contributed by atoms with Crippen LogP contribution in [0.15, 0.2) is 0 Å². The van der Waals surface area contributed by atoms with Crippen molar-refractivity contribution >= 4 is 19.4 Å². The van der Waals surface area contributed by atoms with Gasteiger partial charge in [0.25, 0.3) is 0 Å². The normalized spacial score (nSPS) is 11.9. The van der Waals surface area contributed by atoms with Crippen molar-refractivity contribution in [3.63, 3.8) is 0 Å². The molecule has 0 aromatic rings. The van der Waals surface area contributed by atoms with Gasteiger partial charge in [0.2, 0.25) is 0 Å². The molecular formula is C7H17O4PS. The van der Waals surface area contributed by atoms with E-state index in [1.807, 2.05) is 0 Å². The Labute approximate surface area is 83.9 Å². The summed E-state index contributed by atoms with van der Waals surface area (Å²) in [6.45, 7) is 4.41. The van der Waals surface area contributed by atoms with Gasteiger partial charge in [-0.15, -0.1) is 11.8 Å². The Morgan fingerprint density at radius 2 is 1.77 bits per heavy atom. The summed E-state index contributed by atoms with van der Waals surface area (Å²) in [5.41, 5.74) is 0.350. The fourth-order valence-electron chi connectivity index (χ4n) is 0.738. The summed E-state index contributed by atoms with van der Waals surface area (Å²) in [5.74, 6) is 0.504. The van der Waals surface area contributed by atoms with Gasteiger partial charge in [0, 0.05) is 7.11 Å². The molecule has 0 heterocycles. The van der Waals surface area contributed by atoms with Gasteiger partial charge in [-0.1, -0.05) is 0 Å². The zero-order valence-electron chi connectivity index (χ0n) is 8.32. The zero-order chi connectivity index (χ0) is 10.2. The Hall–Kier alpha value is 0.460. The van der Waals surface area contributed by atoms with E-state index in [1.54, 1.807) is 21.0 Å². The molecule has 0 aliphatic carbocycles. The van der Waals surface area contributed by atoms with E-state index in [0.717, 1.165) is 0 Å². The van der Waals surface area contributed by atoms with Gasteiger partial charge < -0.3 is 13.8 Å². The zero-order valence-corrected chi connectivity index (χ0v) is 10.0. The predicted octanol–water partition coefficient (Wildman–Crippen LogP) is 2.55. The molecule has 0 aliphatic rings. The Kier molecular flexibility index (Phi) is 8.10. The van der Waals surface area contributed by atoms with Gasteiger partial charge in [-0.25, -0.2) is 0 Å². The minimum atomic E-state index is -2.87. The molecule has 13 heavy (non-hydrogen) atoms. The molecule has 0 amide bonds. The van der Waals surface area contributed by atoms with Crippen molar-refractivity contribution in [1.29, 1.82) is 0 Å².